The van der Waals surface area contributed by atoms with Crippen molar-refractivity contribution in [1.82, 2.24) is 0 Å². The van der Waals surface area contributed by atoms with Gasteiger partial charge in [-0.1, -0.05) is 0 Å². The molecule has 1 fully saturated rings. The molecule has 1 saturated heterocycles. The molecule has 0 unspecified atom stereocenters. The predicted molar refractivity (Wildman–Crippen MR) is 114 cm³/mol. The number of quaternary nitrogens is 1. The second-order valence-electron chi connectivity index (χ2n) is 7.65. The molecule has 3 rings (SSSR count). The van der Waals surface area contributed by atoms with Gasteiger partial charge in [0, 0.05) is 0 Å². The predicted octanol–water partition coefficient (Wildman–Crippen LogP) is 3.10. The zero-order valence-electron chi connectivity index (χ0n) is 17.5. The lowest BCUT2D eigenvalue weighted by Gasteiger charge is -2.43. The second kappa shape index (κ2) is 10.4. The minimum atomic E-state index is 0.241. The number of likely N-dealkylation sites (tertiary alicyclic amines) is 1. The fourth-order valence-electron chi connectivity index (χ4n) is 3.95. The first-order chi connectivity index (χ1) is 14.1. The molecule has 6 nitrogen and oxygen atoms in total. The lowest BCUT2D eigenvalue weighted by molar-refractivity contribution is -0.933. The Morgan fingerprint density at radius 2 is 1.24 bits per heavy atom. The molecule has 1 aliphatic heterocycles. The summed E-state index contributed by atoms with van der Waals surface area (Å²) in [6.07, 6.45) is 2.24. The fourth-order valence-corrected chi connectivity index (χ4v) is 3.95. The van der Waals surface area contributed by atoms with Crippen molar-refractivity contribution in [2.75, 3.05) is 53.6 Å². The van der Waals surface area contributed by atoms with Crippen molar-refractivity contribution in [3.05, 3.63) is 48.5 Å². The van der Waals surface area contributed by atoms with E-state index in [1.165, 1.54) is 0 Å². The van der Waals surface area contributed by atoms with Gasteiger partial charge in [-0.25, -0.2) is 0 Å². The molecule has 0 aliphatic carbocycles. The van der Waals surface area contributed by atoms with Gasteiger partial charge in [0.15, 0.2) is 0 Å². The Morgan fingerprint density at radius 3 is 1.66 bits per heavy atom. The van der Waals surface area contributed by atoms with E-state index >= 15 is 0 Å². The van der Waals surface area contributed by atoms with Crippen molar-refractivity contribution in [2.45, 2.75) is 18.9 Å². The highest BCUT2D eigenvalue weighted by Crippen LogP contribution is 2.21. The molecule has 0 amide bonds. The Hall–Kier alpha value is -2.44. The van der Waals surface area contributed by atoms with Crippen LogP contribution in [0.2, 0.25) is 0 Å². The summed E-state index contributed by atoms with van der Waals surface area (Å²) in [6.45, 7) is 5.24. The molecule has 0 bridgehead atoms. The third kappa shape index (κ3) is 6.27. The summed E-state index contributed by atoms with van der Waals surface area (Å²) in [7, 11) is 3.33. The van der Waals surface area contributed by atoms with Crippen molar-refractivity contribution in [1.29, 1.82) is 0 Å². The monoisotopic (exact) mass is 401 g/mol. The summed E-state index contributed by atoms with van der Waals surface area (Å²) in [6, 6.07) is 15.7. The van der Waals surface area contributed by atoms with Gasteiger partial charge in [0.05, 0.1) is 33.4 Å². The average Bonchev–Trinajstić information content (AvgIpc) is 2.75. The first-order valence-electron chi connectivity index (χ1n) is 10.3. The van der Waals surface area contributed by atoms with E-state index in [1.807, 2.05) is 48.5 Å². The van der Waals surface area contributed by atoms with E-state index in [4.69, 9.17) is 24.7 Å². The van der Waals surface area contributed by atoms with Crippen LogP contribution < -0.4 is 24.7 Å². The Balaban J connectivity index is 1.53. The number of ether oxygens (including phenoxy) is 4. The fraction of sp³-hybridized carbons (Fsp3) is 0.478. The van der Waals surface area contributed by atoms with Crippen molar-refractivity contribution in [2.24, 2.45) is 5.73 Å². The van der Waals surface area contributed by atoms with Crippen LogP contribution >= 0.6 is 0 Å². The van der Waals surface area contributed by atoms with E-state index < -0.39 is 0 Å². The maximum Gasteiger partial charge on any atom is 0.137 e. The highest BCUT2D eigenvalue weighted by atomic mass is 16.5. The first kappa shape index (κ1) is 21.3. The van der Waals surface area contributed by atoms with E-state index in [9.17, 15) is 0 Å². The molecule has 6 heteroatoms. The van der Waals surface area contributed by atoms with E-state index in [-0.39, 0.29) is 6.04 Å². The number of piperidine rings is 1. The third-order valence-electron chi connectivity index (χ3n) is 5.62. The van der Waals surface area contributed by atoms with Crippen molar-refractivity contribution < 1.29 is 23.4 Å². The van der Waals surface area contributed by atoms with Gasteiger partial charge in [0.1, 0.15) is 49.3 Å². The lowest BCUT2D eigenvalue weighted by Crippen LogP contribution is -2.60. The molecule has 2 N–H and O–H groups in total. The summed E-state index contributed by atoms with van der Waals surface area (Å²) in [4.78, 5) is 0. The Bertz CT molecular complexity index is 680. The molecule has 0 radical (unpaired) electrons. The largest absolute Gasteiger partial charge is 0.497 e. The van der Waals surface area contributed by atoms with Crippen LogP contribution in [0.3, 0.4) is 0 Å². The SMILES string of the molecule is COc1ccc(OCC[N+]2(CCOc3ccc(OC)cc3)CCC[C@H](N)C2)cc1. The van der Waals surface area contributed by atoms with E-state index in [0.29, 0.717) is 13.2 Å². The van der Waals surface area contributed by atoms with Crippen LogP contribution in [0.1, 0.15) is 12.8 Å². The normalized spacial score (nSPS) is 18.1. The summed E-state index contributed by atoms with van der Waals surface area (Å²) in [5.74, 6) is 3.39. The molecule has 2 aromatic rings. The standard InChI is InChI=1S/C23H33N2O4/c1-26-20-5-9-22(10-6-20)28-16-14-25(13-3-4-19(24)18-25)15-17-29-23-11-7-21(27-2)8-12-23/h5-12,19H,3-4,13-18,24H2,1-2H3/q+1/t19-/m0/s1. The van der Waals surface area contributed by atoms with Gasteiger partial charge in [-0.15, -0.1) is 0 Å². The molecule has 0 saturated carbocycles. The topological polar surface area (TPSA) is 62.9 Å². The van der Waals surface area contributed by atoms with Crippen LogP contribution in [0, 0.1) is 0 Å². The highest BCUT2D eigenvalue weighted by Gasteiger charge is 2.33. The van der Waals surface area contributed by atoms with Crippen LogP contribution in [-0.2, 0) is 0 Å². The number of hydrogen-bond acceptors (Lipinski definition) is 5. The molecule has 0 spiro atoms. The van der Waals surface area contributed by atoms with Gasteiger partial charge >= 0.3 is 0 Å². The highest BCUT2D eigenvalue weighted by molar-refractivity contribution is 5.31. The first-order valence-corrected chi connectivity index (χ1v) is 10.3. The van der Waals surface area contributed by atoms with Crippen LogP contribution in [-0.4, -0.2) is 64.1 Å². The second-order valence-corrected chi connectivity index (χ2v) is 7.65. The third-order valence-corrected chi connectivity index (χ3v) is 5.62. The average molecular weight is 402 g/mol. The van der Waals surface area contributed by atoms with Gasteiger partial charge in [-0.3, -0.25) is 0 Å². The maximum atomic E-state index is 6.31. The number of methoxy groups -OCH3 is 2. The van der Waals surface area contributed by atoms with Gasteiger partial charge in [0.25, 0.3) is 0 Å². The smallest absolute Gasteiger partial charge is 0.137 e. The maximum absolute atomic E-state index is 6.31. The summed E-state index contributed by atoms with van der Waals surface area (Å²) >= 11 is 0. The Morgan fingerprint density at radius 1 is 0.793 bits per heavy atom. The minimum Gasteiger partial charge on any atom is -0.497 e. The minimum absolute atomic E-state index is 0.241. The number of benzene rings is 2. The quantitative estimate of drug-likeness (QED) is 0.620. The van der Waals surface area contributed by atoms with Gasteiger partial charge < -0.3 is 29.2 Å². The number of nitrogens with zero attached hydrogens (tertiary/aromatic N) is 1. The van der Waals surface area contributed by atoms with Crippen LogP contribution in [0.15, 0.2) is 48.5 Å². The Labute approximate surface area is 173 Å². The van der Waals surface area contributed by atoms with Crippen LogP contribution in [0.25, 0.3) is 0 Å². The van der Waals surface area contributed by atoms with Gasteiger partial charge in [0.2, 0.25) is 0 Å². The number of hydrogen-bond donors (Lipinski definition) is 1. The van der Waals surface area contributed by atoms with Gasteiger partial charge in [-0.05, 0) is 61.4 Å². The molecule has 1 heterocycles. The van der Waals surface area contributed by atoms with Crippen molar-refractivity contribution >= 4 is 0 Å². The van der Waals surface area contributed by atoms with Gasteiger partial charge in [-0.2, -0.15) is 0 Å². The summed E-state index contributed by atoms with van der Waals surface area (Å²) in [5.41, 5.74) is 6.31. The zero-order chi connectivity index (χ0) is 20.5. The molecule has 1 atom stereocenters. The molecule has 158 valence electrons. The van der Waals surface area contributed by atoms with E-state index in [2.05, 4.69) is 0 Å². The number of rotatable bonds is 10. The lowest BCUT2D eigenvalue weighted by atomic mass is 10.0. The molecule has 2 aromatic carbocycles. The van der Waals surface area contributed by atoms with Crippen LogP contribution in [0.4, 0.5) is 0 Å². The summed E-state index contributed by atoms with van der Waals surface area (Å²) in [5, 5.41) is 0. The van der Waals surface area contributed by atoms with E-state index in [0.717, 1.165) is 66.5 Å². The molecule has 0 aromatic heterocycles. The van der Waals surface area contributed by atoms with Crippen molar-refractivity contribution in [3.63, 3.8) is 0 Å². The van der Waals surface area contributed by atoms with E-state index in [1.54, 1.807) is 14.2 Å². The molecule has 29 heavy (non-hydrogen) atoms. The molecular formula is C23H33N2O4+. The Kier molecular flexibility index (Phi) is 7.61. The van der Waals surface area contributed by atoms with Crippen molar-refractivity contribution in [3.8, 4) is 23.0 Å². The summed E-state index contributed by atoms with van der Waals surface area (Å²) < 4.78 is 23.3. The zero-order valence-corrected chi connectivity index (χ0v) is 17.5. The number of nitrogens with two attached hydrogens (primary N) is 1. The molecular weight excluding hydrogens is 368 g/mol. The van der Waals surface area contributed by atoms with Crippen LogP contribution in [0.5, 0.6) is 23.0 Å². The molecule has 1 aliphatic rings.